The normalized spacial score (nSPS) is 12.4. The number of hydrogen-bond donors (Lipinski definition) is 1. The molecular weight excluding hydrogens is 184 g/mol. The lowest BCUT2D eigenvalue weighted by atomic mass is 9.99. The zero-order valence-electron chi connectivity index (χ0n) is 9.66. The van der Waals surface area contributed by atoms with E-state index in [1.54, 1.807) is 0 Å². The fourth-order valence-corrected chi connectivity index (χ4v) is 1.74. The van der Waals surface area contributed by atoms with Crippen molar-refractivity contribution in [1.29, 1.82) is 0 Å². The first kappa shape index (κ1) is 11.9. The summed E-state index contributed by atoms with van der Waals surface area (Å²) in [6.07, 6.45) is 7.90. The minimum Gasteiger partial charge on any atom is -0.310 e. The third-order valence-corrected chi connectivity index (χ3v) is 2.56. The number of nitrogens with one attached hydrogen (secondary N) is 1. The molecule has 2 heteroatoms. The highest BCUT2D eigenvalue weighted by atomic mass is 14.9. The predicted octanol–water partition coefficient (Wildman–Crippen LogP) is 3.01. The van der Waals surface area contributed by atoms with Gasteiger partial charge in [-0.1, -0.05) is 13.0 Å². The molecule has 0 aromatic carbocycles. The molecule has 2 nitrogen and oxygen atoms in total. The van der Waals surface area contributed by atoms with E-state index in [-0.39, 0.29) is 0 Å². The SMILES string of the molecule is C=CCCC(NCC)c1cnccc1C. The monoisotopic (exact) mass is 204 g/mol. The number of hydrogen-bond acceptors (Lipinski definition) is 2. The molecule has 1 rings (SSSR count). The first-order valence-electron chi connectivity index (χ1n) is 5.54. The molecule has 0 saturated heterocycles. The first-order chi connectivity index (χ1) is 7.29. The second-order valence-electron chi connectivity index (χ2n) is 3.71. The van der Waals surface area contributed by atoms with Gasteiger partial charge in [-0.2, -0.15) is 0 Å². The molecule has 1 unspecified atom stereocenters. The van der Waals surface area contributed by atoms with E-state index in [1.165, 1.54) is 11.1 Å². The standard InChI is InChI=1S/C13H20N2/c1-4-6-7-13(15-5-2)12-10-14-9-8-11(12)3/h4,8-10,13,15H,1,5-7H2,2-3H3. The molecule has 1 atom stereocenters. The molecule has 0 fully saturated rings. The molecule has 0 aliphatic rings. The molecule has 1 aromatic heterocycles. The Morgan fingerprint density at radius 1 is 1.60 bits per heavy atom. The Labute approximate surface area is 92.4 Å². The van der Waals surface area contributed by atoms with Gasteiger partial charge < -0.3 is 5.32 Å². The summed E-state index contributed by atoms with van der Waals surface area (Å²) in [6.45, 7) is 9.01. The second kappa shape index (κ2) is 6.36. The van der Waals surface area contributed by atoms with Gasteiger partial charge in [-0.05, 0) is 43.5 Å². The minimum absolute atomic E-state index is 0.404. The van der Waals surface area contributed by atoms with Gasteiger partial charge in [-0.25, -0.2) is 0 Å². The molecule has 0 bridgehead atoms. The highest BCUT2D eigenvalue weighted by Gasteiger charge is 2.11. The smallest absolute Gasteiger partial charge is 0.0340 e. The van der Waals surface area contributed by atoms with Crippen molar-refractivity contribution in [3.63, 3.8) is 0 Å². The fourth-order valence-electron chi connectivity index (χ4n) is 1.74. The van der Waals surface area contributed by atoms with Gasteiger partial charge in [0.1, 0.15) is 0 Å². The van der Waals surface area contributed by atoms with Crippen LogP contribution in [0.5, 0.6) is 0 Å². The van der Waals surface area contributed by atoms with Crippen molar-refractivity contribution >= 4 is 0 Å². The van der Waals surface area contributed by atoms with E-state index >= 15 is 0 Å². The first-order valence-corrected chi connectivity index (χ1v) is 5.54. The Morgan fingerprint density at radius 3 is 3.00 bits per heavy atom. The average Bonchev–Trinajstić information content (AvgIpc) is 2.25. The molecule has 0 aliphatic heterocycles. The third-order valence-electron chi connectivity index (χ3n) is 2.56. The highest BCUT2D eigenvalue weighted by molar-refractivity contribution is 5.25. The Kier molecular flexibility index (Phi) is 5.05. The summed E-state index contributed by atoms with van der Waals surface area (Å²) in [5.74, 6) is 0. The number of aryl methyl sites for hydroxylation is 1. The summed E-state index contributed by atoms with van der Waals surface area (Å²) >= 11 is 0. The van der Waals surface area contributed by atoms with Gasteiger partial charge in [0.05, 0.1) is 0 Å². The van der Waals surface area contributed by atoms with Crippen LogP contribution in [0.1, 0.15) is 36.9 Å². The van der Waals surface area contributed by atoms with Crippen molar-refractivity contribution in [1.82, 2.24) is 10.3 Å². The maximum atomic E-state index is 4.19. The number of aromatic nitrogens is 1. The van der Waals surface area contributed by atoms with Crippen molar-refractivity contribution in [3.05, 3.63) is 42.2 Å². The van der Waals surface area contributed by atoms with E-state index in [1.807, 2.05) is 18.5 Å². The summed E-state index contributed by atoms with van der Waals surface area (Å²) in [5.41, 5.74) is 2.61. The van der Waals surface area contributed by atoms with E-state index in [2.05, 4.69) is 36.8 Å². The molecule has 0 amide bonds. The zero-order chi connectivity index (χ0) is 11.1. The average molecular weight is 204 g/mol. The maximum Gasteiger partial charge on any atom is 0.0340 e. The minimum atomic E-state index is 0.404. The highest BCUT2D eigenvalue weighted by Crippen LogP contribution is 2.20. The molecule has 82 valence electrons. The maximum absolute atomic E-state index is 4.19. The van der Waals surface area contributed by atoms with E-state index in [4.69, 9.17) is 0 Å². The molecule has 0 aliphatic carbocycles. The number of allylic oxidation sites excluding steroid dienone is 1. The van der Waals surface area contributed by atoms with Crippen LogP contribution in [0.4, 0.5) is 0 Å². The van der Waals surface area contributed by atoms with Crippen molar-refractivity contribution < 1.29 is 0 Å². The third kappa shape index (κ3) is 3.48. The molecule has 1 aromatic rings. The van der Waals surface area contributed by atoms with E-state index in [0.717, 1.165) is 19.4 Å². The van der Waals surface area contributed by atoms with Crippen LogP contribution in [0.25, 0.3) is 0 Å². The number of nitrogens with zero attached hydrogens (tertiary/aromatic N) is 1. The van der Waals surface area contributed by atoms with Crippen LogP contribution in [0.3, 0.4) is 0 Å². The molecule has 1 heterocycles. The lowest BCUT2D eigenvalue weighted by Gasteiger charge is -2.19. The molecule has 0 saturated carbocycles. The Bertz CT molecular complexity index is 307. The number of pyridine rings is 1. The van der Waals surface area contributed by atoms with Gasteiger partial charge in [-0.3, -0.25) is 4.98 Å². The van der Waals surface area contributed by atoms with E-state index in [9.17, 15) is 0 Å². The van der Waals surface area contributed by atoms with Gasteiger partial charge in [0.15, 0.2) is 0 Å². The summed E-state index contributed by atoms with van der Waals surface area (Å²) in [5, 5.41) is 3.49. The lowest BCUT2D eigenvalue weighted by Crippen LogP contribution is -2.21. The number of rotatable bonds is 6. The predicted molar refractivity (Wildman–Crippen MR) is 64.8 cm³/mol. The van der Waals surface area contributed by atoms with Crippen LogP contribution < -0.4 is 5.32 Å². The van der Waals surface area contributed by atoms with Gasteiger partial charge in [0.2, 0.25) is 0 Å². The van der Waals surface area contributed by atoms with E-state index in [0.29, 0.717) is 6.04 Å². The molecule has 0 spiro atoms. The topological polar surface area (TPSA) is 24.9 Å². The molecule has 0 radical (unpaired) electrons. The lowest BCUT2D eigenvalue weighted by molar-refractivity contribution is 0.516. The van der Waals surface area contributed by atoms with Gasteiger partial charge in [-0.15, -0.1) is 6.58 Å². The quantitative estimate of drug-likeness (QED) is 0.720. The molecule has 15 heavy (non-hydrogen) atoms. The van der Waals surface area contributed by atoms with Crippen molar-refractivity contribution in [2.75, 3.05) is 6.54 Å². The van der Waals surface area contributed by atoms with Gasteiger partial charge in [0.25, 0.3) is 0 Å². The summed E-state index contributed by atoms with van der Waals surface area (Å²) in [6, 6.07) is 2.47. The van der Waals surface area contributed by atoms with Crippen LogP contribution in [0.15, 0.2) is 31.1 Å². The Morgan fingerprint density at radius 2 is 2.40 bits per heavy atom. The summed E-state index contributed by atoms with van der Waals surface area (Å²) in [4.78, 5) is 4.19. The molecule has 1 N–H and O–H groups in total. The van der Waals surface area contributed by atoms with Crippen molar-refractivity contribution in [3.8, 4) is 0 Å². The van der Waals surface area contributed by atoms with E-state index < -0.39 is 0 Å². The van der Waals surface area contributed by atoms with Gasteiger partial charge >= 0.3 is 0 Å². The molecular formula is C13H20N2. The van der Waals surface area contributed by atoms with Gasteiger partial charge in [0, 0.05) is 18.4 Å². The fraction of sp³-hybridized carbons (Fsp3) is 0.462. The second-order valence-corrected chi connectivity index (χ2v) is 3.71. The van der Waals surface area contributed by atoms with Crippen LogP contribution >= 0.6 is 0 Å². The Balaban J connectivity index is 2.78. The summed E-state index contributed by atoms with van der Waals surface area (Å²) < 4.78 is 0. The van der Waals surface area contributed by atoms with Crippen molar-refractivity contribution in [2.24, 2.45) is 0 Å². The van der Waals surface area contributed by atoms with Crippen molar-refractivity contribution in [2.45, 2.75) is 32.7 Å². The van der Waals surface area contributed by atoms with Crippen LogP contribution in [-0.4, -0.2) is 11.5 Å². The van der Waals surface area contributed by atoms with Crippen LogP contribution in [-0.2, 0) is 0 Å². The van der Waals surface area contributed by atoms with Crippen LogP contribution in [0.2, 0.25) is 0 Å². The van der Waals surface area contributed by atoms with Crippen LogP contribution in [0, 0.1) is 6.92 Å². The summed E-state index contributed by atoms with van der Waals surface area (Å²) in [7, 11) is 0. The largest absolute Gasteiger partial charge is 0.310 e. The zero-order valence-corrected chi connectivity index (χ0v) is 9.66. The Hall–Kier alpha value is -1.15.